The van der Waals surface area contributed by atoms with Crippen LogP contribution in [0.5, 0.6) is 0 Å². The second-order valence-electron chi connectivity index (χ2n) is 9.80. The molecule has 8 heteroatoms. The fourth-order valence-electron chi connectivity index (χ4n) is 6.01. The quantitative estimate of drug-likeness (QED) is 0.757. The van der Waals surface area contributed by atoms with E-state index in [1.165, 1.54) is 22.5 Å². The molecule has 4 aliphatic rings. The summed E-state index contributed by atoms with van der Waals surface area (Å²) in [6.07, 6.45) is 8.54. The third-order valence-corrected chi connectivity index (χ3v) is 7.88. The van der Waals surface area contributed by atoms with Crippen molar-refractivity contribution in [3.63, 3.8) is 0 Å². The highest BCUT2D eigenvalue weighted by molar-refractivity contribution is 5.74. The summed E-state index contributed by atoms with van der Waals surface area (Å²) in [6, 6.07) is 8.70. The van der Waals surface area contributed by atoms with Crippen LogP contribution in [-0.4, -0.2) is 77.4 Å². The van der Waals surface area contributed by atoms with Gasteiger partial charge in [0.25, 0.3) is 0 Å². The summed E-state index contributed by atoms with van der Waals surface area (Å²) in [5.74, 6) is 0. The maximum atomic E-state index is 9.44. The van der Waals surface area contributed by atoms with Gasteiger partial charge in [0.1, 0.15) is 11.8 Å². The fraction of sp³-hybridized carbons (Fsp3) is 0.462. The molecule has 0 spiro atoms. The van der Waals surface area contributed by atoms with Gasteiger partial charge in [-0.1, -0.05) is 6.08 Å². The molecular weight excluding hydrogens is 426 g/mol. The van der Waals surface area contributed by atoms with Gasteiger partial charge >= 0.3 is 0 Å². The first kappa shape index (κ1) is 21.3. The fourth-order valence-corrected chi connectivity index (χ4v) is 6.01. The molecule has 0 unspecified atom stereocenters. The molecule has 3 aliphatic heterocycles. The molecule has 0 saturated carbocycles. The van der Waals surface area contributed by atoms with Crippen molar-refractivity contribution in [3.8, 4) is 6.07 Å². The van der Waals surface area contributed by atoms with Crippen LogP contribution in [0.15, 0.2) is 59.1 Å². The Morgan fingerprint density at radius 2 is 2.06 bits per heavy atom. The Morgan fingerprint density at radius 1 is 1.18 bits per heavy atom. The Balaban J connectivity index is 1.28. The number of hydrogen-bond donors (Lipinski definition) is 1. The number of fused-ring (bicyclic) bond motifs is 3. The summed E-state index contributed by atoms with van der Waals surface area (Å²) in [6.45, 7) is 6.94. The minimum atomic E-state index is 0.0871. The number of nitrogens with two attached hydrogens (primary N) is 1. The second-order valence-corrected chi connectivity index (χ2v) is 9.80. The lowest BCUT2D eigenvalue weighted by molar-refractivity contribution is 0.0290. The zero-order valence-electron chi connectivity index (χ0n) is 19.8. The predicted molar refractivity (Wildman–Crippen MR) is 131 cm³/mol. The molecule has 176 valence electrons. The highest BCUT2D eigenvalue weighted by Gasteiger charge is 2.37. The molecule has 5 heterocycles. The maximum Gasteiger partial charge on any atom is 0.142 e. The molecule has 0 amide bonds. The SMILES string of the molecule is CO[C@@H]1CN(C2=CCC3=C4CN(c5ccc(C#N)n6nccc56)C[C@@H](C)N4CC3=C2)CC[C@H]1N. The lowest BCUT2D eigenvalue weighted by atomic mass is 9.95. The summed E-state index contributed by atoms with van der Waals surface area (Å²) >= 11 is 0. The van der Waals surface area contributed by atoms with Crippen LogP contribution in [0.4, 0.5) is 5.69 Å². The Hall–Kier alpha value is -3.28. The monoisotopic (exact) mass is 457 g/mol. The van der Waals surface area contributed by atoms with Crippen LogP contribution in [0.2, 0.25) is 0 Å². The molecule has 34 heavy (non-hydrogen) atoms. The van der Waals surface area contributed by atoms with Crippen molar-refractivity contribution in [1.29, 1.82) is 5.26 Å². The van der Waals surface area contributed by atoms with E-state index in [1.54, 1.807) is 17.8 Å². The minimum absolute atomic E-state index is 0.0871. The Bertz CT molecular complexity index is 1270. The van der Waals surface area contributed by atoms with E-state index in [9.17, 15) is 5.26 Å². The zero-order valence-corrected chi connectivity index (χ0v) is 19.8. The lowest BCUT2D eigenvalue weighted by Gasteiger charge is -2.42. The average Bonchev–Trinajstić information content (AvgIpc) is 3.49. The molecule has 1 aliphatic carbocycles. The highest BCUT2D eigenvalue weighted by atomic mass is 16.5. The summed E-state index contributed by atoms with van der Waals surface area (Å²) < 4.78 is 7.38. The van der Waals surface area contributed by atoms with Crippen molar-refractivity contribution in [1.82, 2.24) is 19.4 Å². The molecule has 2 fully saturated rings. The van der Waals surface area contributed by atoms with E-state index in [-0.39, 0.29) is 12.1 Å². The number of ether oxygens (including phenoxy) is 1. The largest absolute Gasteiger partial charge is 0.378 e. The van der Waals surface area contributed by atoms with Gasteiger partial charge in [-0.15, -0.1) is 0 Å². The molecule has 0 aromatic carbocycles. The van der Waals surface area contributed by atoms with E-state index in [0.717, 1.165) is 56.8 Å². The van der Waals surface area contributed by atoms with Crippen LogP contribution in [0, 0.1) is 11.3 Å². The Labute approximate surface area is 200 Å². The molecule has 2 saturated heterocycles. The van der Waals surface area contributed by atoms with Crippen molar-refractivity contribution >= 4 is 11.2 Å². The molecule has 8 nitrogen and oxygen atoms in total. The van der Waals surface area contributed by atoms with E-state index in [4.69, 9.17) is 10.5 Å². The number of nitriles is 1. The van der Waals surface area contributed by atoms with Crippen LogP contribution in [0.3, 0.4) is 0 Å². The van der Waals surface area contributed by atoms with Gasteiger partial charge in [-0.25, -0.2) is 4.52 Å². The minimum Gasteiger partial charge on any atom is -0.378 e. The van der Waals surface area contributed by atoms with Gasteiger partial charge in [0.2, 0.25) is 0 Å². The average molecular weight is 458 g/mol. The zero-order chi connectivity index (χ0) is 23.4. The number of methoxy groups -OCH3 is 1. The number of pyridine rings is 1. The summed E-state index contributed by atoms with van der Waals surface area (Å²) in [4.78, 5) is 7.46. The number of rotatable bonds is 3. The number of hydrogen-bond acceptors (Lipinski definition) is 7. The van der Waals surface area contributed by atoms with E-state index in [1.807, 2.05) is 12.1 Å². The molecule has 0 bridgehead atoms. The maximum absolute atomic E-state index is 9.44. The topological polar surface area (TPSA) is 86.1 Å². The van der Waals surface area contributed by atoms with Gasteiger partial charge in [-0.2, -0.15) is 10.4 Å². The third-order valence-electron chi connectivity index (χ3n) is 7.88. The van der Waals surface area contributed by atoms with E-state index < -0.39 is 0 Å². The number of aromatic nitrogens is 2. The standard InChI is InChI=1S/C26H31N7O/c1-17-13-31(23-6-4-20(12-27)33-24(23)7-9-29-33)15-25-21-5-3-19(11-18(21)14-32(17)25)30-10-8-22(28)26(16-30)34-2/h3-4,6-7,9,11,17,22,26H,5,8,10,13-16,28H2,1-2H3/t17-,22-,26-/m1/s1. The van der Waals surface area contributed by atoms with Gasteiger partial charge < -0.3 is 25.2 Å². The van der Waals surface area contributed by atoms with Crippen molar-refractivity contribution in [2.24, 2.45) is 5.73 Å². The molecule has 2 aromatic heterocycles. The third kappa shape index (κ3) is 3.30. The van der Waals surface area contributed by atoms with Crippen LogP contribution in [0.25, 0.3) is 5.52 Å². The van der Waals surface area contributed by atoms with E-state index >= 15 is 0 Å². The summed E-state index contributed by atoms with van der Waals surface area (Å²) in [5, 5.41) is 13.8. The van der Waals surface area contributed by atoms with Crippen molar-refractivity contribution < 1.29 is 4.74 Å². The molecular formula is C26H31N7O. The number of piperazine rings is 1. The number of allylic oxidation sites excluding steroid dienone is 2. The van der Waals surface area contributed by atoms with E-state index in [2.05, 4.69) is 51.0 Å². The highest BCUT2D eigenvalue weighted by Crippen LogP contribution is 2.40. The van der Waals surface area contributed by atoms with Crippen molar-refractivity contribution in [3.05, 3.63) is 64.8 Å². The number of piperidine rings is 1. The Morgan fingerprint density at radius 3 is 2.88 bits per heavy atom. The van der Waals surface area contributed by atoms with Crippen molar-refractivity contribution in [2.45, 2.75) is 38.0 Å². The van der Waals surface area contributed by atoms with Gasteiger partial charge in [0.05, 0.1) is 30.0 Å². The second kappa shape index (κ2) is 8.19. The summed E-state index contributed by atoms with van der Waals surface area (Å²) in [7, 11) is 1.76. The van der Waals surface area contributed by atoms with Gasteiger partial charge in [-0.05, 0) is 55.2 Å². The Kier molecular flexibility index (Phi) is 5.12. The predicted octanol–water partition coefficient (Wildman–Crippen LogP) is 2.25. The van der Waals surface area contributed by atoms with E-state index in [0.29, 0.717) is 11.7 Å². The first-order chi connectivity index (χ1) is 16.6. The molecule has 2 aromatic rings. The number of likely N-dealkylation sites (tertiary alicyclic amines) is 1. The van der Waals surface area contributed by atoms with Gasteiger partial charge in [0.15, 0.2) is 0 Å². The van der Waals surface area contributed by atoms with Crippen LogP contribution < -0.4 is 10.6 Å². The normalized spacial score (nSPS) is 26.9. The lowest BCUT2D eigenvalue weighted by Crippen LogP contribution is -2.50. The first-order valence-corrected chi connectivity index (χ1v) is 12.1. The van der Waals surface area contributed by atoms with Crippen LogP contribution in [-0.2, 0) is 4.74 Å². The number of anilines is 1. The molecule has 3 atom stereocenters. The molecule has 6 rings (SSSR count). The number of nitrogens with zero attached hydrogens (tertiary/aromatic N) is 6. The summed E-state index contributed by atoms with van der Waals surface area (Å²) in [5.41, 5.74) is 14.6. The van der Waals surface area contributed by atoms with Gasteiger partial charge in [-0.3, -0.25) is 0 Å². The van der Waals surface area contributed by atoms with Crippen LogP contribution >= 0.6 is 0 Å². The van der Waals surface area contributed by atoms with Crippen molar-refractivity contribution in [2.75, 3.05) is 44.7 Å². The smallest absolute Gasteiger partial charge is 0.142 e. The van der Waals surface area contributed by atoms with Gasteiger partial charge in [0, 0.05) is 56.8 Å². The van der Waals surface area contributed by atoms with Crippen LogP contribution in [0.1, 0.15) is 25.5 Å². The first-order valence-electron chi connectivity index (χ1n) is 12.1. The molecule has 2 N–H and O–H groups in total. The molecule has 0 radical (unpaired) electrons.